The average molecular weight is 233 g/mol. The lowest BCUT2D eigenvalue weighted by molar-refractivity contribution is 0.698. The van der Waals surface area contributed by atoms with Gasteiger partial charge in [-0.05, 0) is 49.8 Å². The van der Waals surface area contributed by atoms with Gasteiger partial charge in [0.25, 0.3) is 0 Å². The van der Waals surface area contributed by atoms with Crippen molar-refractivity contribution >= 4 is 5.82 Å². The minimum absolute atomic E-state index is 0.696. The number of hydrogen-bond donors (Lipinski definition) is 1. The van der Waals surface area contributed by atoms with Gasteiger partial charge in [0.05, 0.1) is 0 Å². The first kappa shape index (κ1) is 12.4. The Morgan fingerprint density at radius 1 is 1.41 bits per heavy atom. The van der Waals surface area contributed by atoms with Crippen molar-refractivity contribution in [2.24, 2.45) is 11.7 Å². The standard InChI is InChI=1S/C14H23N3/c1-2-9-17(11-13-3-4-13)14-6-5-12(7-8-15)10-16-14/h5-6,10,13H,2-4,7-9,11,15H2,1H3. The zero-order valence-corrected chi connectivity index (χ0v) is 10.7. The molecule has 0 spiro atoms. The molecule has 0 aliphatic heterocycles. The predicted molar refractivity (Wildman–Crippen MR) is 72.2 cm³/mol. The van der Waals surface area contributed by atoms with E-state index in [0.717, 1.165) is 24.7 Å². The van der Waals surface area contributed by atoms with Crippen molar-refractivity contribution in [3.8, 4) is 0 Å². The minimum atomic E-state index is 0.696. The van der Waals surface area contributed by atoms with Crippen LogP contribution in [0.4, 0.5) is 5.82 Å². The fourth-order valence-corrected chi connectivity index (χ4v) is 2.10. The molecule has 1 aliphatic rings. The molecule has 0 atom stereocenters. The van der Waals surface area contributed by atoms with Crippen LogP contribution in [-0.4, -0.2) is 24.6 Å². The Morgan fingerprint density at radius 2 is 2.24 bits per heavy atom. The Kier molecular flexibility index (Phi) is 4.37. The topological polar surface area (TPSA) is 42.1 Å². The normalized spacial score (nSPS) is 14.9. The van der Waals surface area contributed by atoms with E-state index in [-0.39, 0.29) is 0 Å². The van der Waals surface area contributed by atoms with E-state index in [1.54, 1.807) is 0 Å². The maximum Gasteiger partial charge on any atom is 0.128 e. The summed E-state index contributed by atoms with van der Waals surface area (Å²) in [5, 5.41) is 0. The van der Waals surface area contributed by atoms with Crippen molar-refractivity contribution in [1.82, 2.24) is 4.98 Å². The summed E-state index contributed by atoms with van der Waals surface area (Å²) in [4.78, 5) is 6.99. The van der Waals surface area contributed by atoms with Crippen LogP contribution in [0.3, 0.4) is 0 Å². The molecule has 1 fully saturated rings. The van der Waals surface area contributed by atoms with Crippen LogP contribution in [0.15, 0.2) is 18.3 Å². The molecule has 3 heteroatoms. The second-order valence-corrected chi connectivity index (χ2v) is 4.95. The zero-order valence-electron chi connectivity index (χ0n) is 10.7. The van der Waals surface area contributed by atoms with Gasteiger partial charge in [0.2, 0.25) is 0 Å². The van der Waals surface area contributed by atoms with Crippen LogP contribution < -0.4 is 10.6 Å². The highest BCUT2D eigenvalue weighted by Gasteiger charge is 2.24. The lowest BCUT2D eigenvalue weighted by atomic mass is 10.2. The van der Waals surface area contributed by atoms with Gasteiger partial charge in [-0.15, -0.1) is 0 Å². The van der Waals surface area contributed by atoms with Crippen molar-refractivity contribution < 1.29 is 0 Å². The van der Waals surface area contributed by atoms with E-state index >= 15 is 0 Å². The first-order valence-corrected chi connectivity index (χ1v) is 6.73. The molecule has 1 heterocycles. The molecule has 0 bridgehead atoms. The predicted octanol–water partition coefficient (Wildman–Crippen LogP) is 2.21. The third-order valence-corrected chi connectivity index (χ3v) is 3.24. The highest BCUT2D eigenvalue weighted by molar-refractivity contribution is 5.39. The maximum absolute atomic E-state index is 5.54. The van der Waals surface area contributed by atoms with Crippen molar-refractivity contribution in [2.45, 2.75) is 32.6 Å². The molecular formula is C14H23N3. The molecule has 0 unspecified atom stereocenters. The summed E-state index contributed by atoms with van der Waals surface area (Å²) in [6.07, 6.45) is 6.86. The maximum atomic E-state index is 5.54. The SMILES string of the molecule is CCCN(CC1CC1)c1ccc(CCN)cn1. The number of pyridine rings is 1. The van der Waals surface area contributed by atoms with Gasteiger partial charge in [-0.3, -0.25) is 0 Å². The van der Waals surface area contributed by atoms with E-state index in [1.807, 2.05) is 6.20 Å². The van der Waals surface area contributed by atoms with E-state index in [0.29, 0.717) is 6.54 Å². The molecule has 17 heavy (non-hydrogen) atoms. The van der Waals surface area contributed by atoms with Crippen molar-refractivity contribution in [3.05, 3.63) is 23.9 Å². The fraction of sp³-hybridized carbons (Fsp3) is 0.643. The van der Waals surface area contributed by atoms with Gasteiger partial charge in [-0.25, -0.2) is 4.98 Å². The Balaban J connectivity index is 2.00. The van der Waals surface area contributed by atoms with E-state index < -0.39 is 0 Å². The summed E-state index contributed by atoms with van der Waals surface area (Å²) < 4.78 is 0. The summed E-state index contributed by atoms with van der Waals surface area (Å²) in [5.74, 6) is 2.03. The second-order valence-electron chi connectivity index (χ2n) is 4.95. The van der Waals surface area contributed by atoms with Gasteiger partial charge in [-0.1, -0.05) is 13.0 Å². The monoisotopic (exact) mass is 233 g/mol. The first-order chi connectivity index (χ1) is 8.33. The summed E-state index contributed by atoms with van der Waals surface area (Å²) in [7, 11) is 0. The quantitative estimate of drug-likeness (QED) is 0.785. The molecule has 0 aromatic carbocycles. The first-order valence-electron chi connectivity index (χ1n) is 6.73. The molecule has 0 saturated heterocycles. The van der Waals surface area contributed by atoms with E-state index in [9.17, 15) is 0 Å². The molecule has 94 valence electrons. The number of anilines is 1. The van der Waals surface area contributed by atoms with Gasteiger partial charge < -0.3 is 10.6 Å². The Hall–Kier alpha value is -1.09. The number of rotatable bonds is 7. The van der Waals surface area contributed by atoms with Crippen molar-refractivity contribution in [1.29, 1.82) is 0 Å². The van der Waals surface area contributed by atoms with Crippen LogP contribution in [0.25, 0.3) is 0 Å². The number of aromatic nitrogens is 1. The second kappa shape index (κ2) is 6.01. The third kappa shape index (κ3) is 3.70. The highest BCUT2D eigenvalue weighted by Crippen LogP contribution is 2.31. The lowest BCUT2D eigenvalue weighted by Crippen LogP contribution is -2.27. The highest BCUT2D eigenvalue weighted by atomic mass is 15.2. The average Bonchev–Trinajstić information content (AvgIpc) is 3.14. The Bertz CT molecular complexity index is 330. The van der Waals surface area contributed by atoms with E-state index in [1.165, 1.54) is 31.4 Å². The van der Waals surface area contributed by atoms with E-state index in [4.69, 9.17) is 5.73 Å². The molecule has 1 aromatic rings. The molecule has 2 N–H and O–H groups in total. The Morgan fingerprint density at radius 3 is 2.76 bits per heavy atom. The molecule has 0 radical (unpaired) electrons. The van der Waals surface area contributed by atoms with Gasteiger partial charge in [-0.2, -0.15) is 0 Å². The molecule has 3 nitrogen and oxygen atoms in total. The zero-order chi connectivity index (χ0) is 12.1. The molecule has 2 rings (SSSR count). The van der Waals surface area contributed by atoms with Gasteiger partial charge in [0.15, 0.2) is 0 Å². The lowest BCUT2D eigenvalue weighted by Gasteiger charge is -2.23. The molecule has 1 aliphatic carbocycles. The molecular weight excluding hydrogens is 210 g/mol. The summed E-state index contributed by atoms with van der Waals surface area (Å²) >= 11 is 0. The molecule has 1 saturated carbocycles. The number of nitrogens with two attached hydrogens (primary N) is 1. The summed E-state index contributed by atoms with van der Waals surface area (Å²) in [6, 6.07) is 4.30. The van der Waals surface area contributed by atoms with Gasteiger partial charge in [0, 0.05) is 19.3 Å². The third-order valence-electron chi connectivity index (χ3n) is 3.24. The van der Waals surface area contributed by atoms with Crippen molar-refractivity contribution in [3.63, 3.8) is 0 Å². The summed E-state index contributed by atoms with van der Waals surface area (Å²) in [5.41, 5.74) is 6.78. The molecule has 0 amide bonds. The van der Waals surface area contributed by atoms with Gasteiger partial charge in [0.1, 0.15) is 5.82 Å². The van der Waals surface area contributed by atoms with Gasteiger partial charge >= 0.3 is 0 Å². The van der Waals surface area contributed by atoms with Crippen LogP contribution in [0.5, 0.6) is 0 Å². The fourth-order valence-electron chi connectivity index (χ4n) is 2.10. The summed E-state index contributed by atoms with van der Waals surface area (Å²) in [6.45, 7) is 5.21. The van der Waals surface area contributed by atoms with Crippen LogP contribution in [0.1, 0.15) is 31.7 Å². The van der Waals surface area contributed by atoms with Crippen molar-refractivity contribution in [2.75, 3.05) is 24.5 Å². The largest absolute Gasteiger partial charge is 0.356 e. The van der Waals surface area contributed by atoms with Crippen LogP contribution in [-0.2, 0) is 6.42 Å². The van der Waals surface area contributed by atoms with E-state index in [2.05, 4.69) is 28.9 Å². The Labute approximate surface area is 104 Å². The van der Waals surface area contributed by atoms with Crippen LogP contribution in [0.2, 0.25) is 0 Å². The smallest absolute Gasteiger partial charge is 0.128 e. The number of hydrogen-bond acceptors (Lipinski definition) is 3. The van der Waals surface area contributed by atoms with Crippen LogP contribution >= 0.6 is 0 Å². The number of nitrogens with zero attached hydrogens (tertiary/aromatic N) is 2. The van der Waals surface area contributed by atoms with Crippen LogP contribution in [0, 0.1) is 5.92 Å². The molecule has 1 aromatic heterocycles. The minimum Gasteiger partial charge on any atom is -0.356 e.